The van der Waals surface area contributed by atoms with E-state index in [1.807, 2.05) is 6.07 Å². The third-order valence-electron chi connectivity index (χ3n) is 7.56. The Labute approximate surface area is 229 Å². The number of hydrogen-bond acceptors (Lipinski definition) is 8. The van der Waals surface area contributed by atoms with Crippen LogP contribution in [0.15, 0.2) is 48.7 Å². The molecule has 2 N–H and O–H groups in total. The van der Waals surface area contributed by atoms with E-state index < -0.39 is 29.5 Å². The summed E-state index contributed by atoms with van der Waals surface area (Å²) < 4.78 is 53.8. The first-order chi connectivity index (χ1) is 18.9. The molecule has 1 amide bonds. The molecule has 3 atom stereocenters. The molecular formula is C29H28F2N2O7. The Morgan fingerprint density at radius 1 is 1.10 bits per heavy atom. The molecule has 3 aliphatic heterocycles. The molecule has 11 heteroatoms. The fraction of sp³-hybridized carbons (Fsp3) is 0.379. The molecular weight excluding hydrogens is 526 g/mol. The summed E-state index contributed by atoms with van der Waals surface area (Å²) in [6.45, 7) is 5.06. The number of halogens is 2. The Kier molecular flexibility index (Phi) is 5.85. The molecule has 6 rings (SSSR count). The van der Waals surface area contributed by atoms with Crippen molar-refractivity contribution in [2.24, 2.45) is 0 Å². The molecule has 4 heterocycles. The topological polar surface area (TPSA) is 108 Å². The molecule has 0 saturated heterocycles. The van der Waals surface area contributed by atoms with E-state index in [4.69, 9.17) is 14.2 Å². The number of carbonyl (C=O) groups excluding carboxylic acids is 1. The van der Waals surface area contributed by atoms with Crippen molar-refractivity contribution in [3.05, 3.63) is 71.0 Å². The number of methoxy groups -OCH3 is 1. The number of nitrogens with one attached hydrogen (secondary N) is 1. The van der Waals surface area contributed by atoms with Crippen molar-refractivity contribution < 1.29 is 42.4 Å². The lowest BCUT2D eigenvalue weighted by atomic mass is 9.82. The molecule has 0 aliphatic carbocycles. The number of nitrogens with zero attached hydrogens (tertiary/aromatic N) is 1. The molecule has 3 aliphatic rings. The zero-order chi connectivity index (χ0) is 28.4. The maximum absolute atomic E-state index is 13.8. The van der Waals surface area contributed by atoms with Crippen molar-refractivity contribution in [2.45, 2.75) is 56.6 Å². The molecule has 40 heavy (non-hydrogen) atoms. The molecule has 210 valence electrons. The number of fused-ring (bicyclic) bond motifs is 3. The average Bonchev–Trinajstić information content (AvgIpc) is 3.40. The maximum Gasteiger partial charge on any atom is 0.586 e. The van der Waals surface area contributed by atoms with Crippen molar-refractivity contribution in [3.8, 4) is 28.7 Å². The normalized spacial score (nSPS) is 23.9. The van der Waals surface area contributed by atoms with Crippen LogP contribution in [0.5, 0.6) is 28.7 Å². The summed E-state index contributed by atoms with van der Waals surface area (Å²) in [6.07, 6.45) is -2.31. The van der Waals surface area contributed by atoms with Gasteiger partial charge in [0.2, 0.25) is 5.91 Å². The highest BCUT2D eigenvalue weighted by atomic mass is 19.3. The third kappa shape index (κ3) is 4.43. The van der Waals surface area contributed by atoms with Crippen molar-refractivity contribution in [1.29, 1.82) is 0 Å². The van der Waals surface area contributed by atoms with E-state index in [2.05, 4.69) is 19.8 Å². The summed E-state index contributed by atoms with van der Waals surface area (Å²) in [4.78, 5) is 18.4. The lowest BCUT2D eigenvalue weighted by Crippen LogP contribution is -2.46. The summed E-state index contributed by atoms with van der Waals surface area (Å²) in [5, 5.41) is 13.4. The number of rotatable bonds is 5. The number of alkyl halides is 2. The Bertz CT molecular complexity index is 1490. The zero-order valence-electron chi connectivity index (χ0n) is 22.3. The summed E-state index contributed by atoms with van der Waals surface area (Å²) in [7, 11) is 1.55. The van der Waals surface area contributed by atoms with Gasteiger partial charge in [-0.3, -0.25) is 9.78 Å². The Morgan fingerprint density at radius 2 is 1.85 bits per heavy atom. The Morgan fingerprint density at radius 3 is 2.52 bits per heavy atom. The third-order valence-corrected chi connectivity index (χ3v) is 7.56. The van der Waals surface area contributed by atoms with Crippen molar-refractivity contribution >= 4 is 5.91 Å². The van der Waals surface area contributed by atoms with Gasteiger partial charge in [-0.25, -0.2) is 0 Å². The van der Waals surface area contributed by atoms with E-state index >= 15 is 0 Å². The lowest BCUT2D eigenvalue weighted by molar-refractivity contribution is -0.286. The van der Waals surface area contributed by atoms with Crippen molar-refractivity contribution in [2.75, 3.05) is 13.7 Å². The van der Waals surface area contributed by atoms with Crippen LogP contribution in [0.25, 0.3) is 0 Å². The van der Waals surface area contributed by atoms with Gasteiger partial charge in [-0.1, -0.05) is 6.07 Å². The van der Waals surface area contributed by atoms with Crippen LogP contribution in [0.2, 0.25) is 0 Å². The summed E-state index contributed by atoms with van der Waals surface area (Å²) >= 11 is 0. The van der Waals surface area contributed by atoms with Crippen LogP contribution in [0, 0.1) is 0 Å². The summed E-state index contributed by atoms with van der Waals surface area (Å²) in [5.74, 6) is 0.753. The highest BCUT2D eigenvalue weighted by Gasteiger charge is 2.49. The van der Waals surface area contributed by atoms with Crippen LogP contribution in [0.1, 0.15) is 61.7 Å². The summed E-state index contributed by atoms with van der Waals surface area (Å²) in [5.41, 5.74) is 0.246. The van der Waals surface area contributed by atoms with E-state index in [9.17, 15) is 18.7 Å². The van der Waals surface area contributed by atoms with Gasteiger partial charge < -0.3 is 34.1 Å². The highest BCUT2D eigenvalue weighted by molar-refractivity contribution is 5.90. The molecule has 0 saturated carbocycles. The molecule has 0 bridgehead atoms. The molecule has 0 fully saturated rings. The zero-order valence-corrected chi connectivity index (χ0v) is 22.3. The first kappa shape index (κ1) is 26.1. The largest absolute Gasteiger partial charge is 0.586 e. The Hall–Kier alpha value is -4.12. The monoisotopic (exact) mass is 554 g/mol. The van der Waals surface area contributed by atoms with Gasteiger partial charge >= 0.3 is 6.29 Å². The number of pyridine rings is 1. The van der Waals surface area contributed by atoms with Crippen LogP contribution in [-0.2, 0) is 15.8 Å². The van der Waals surface area contributed by atoms with Crippen LogP contribution in [-0.4, -0.2) is 36.0 Å². The fourth-order valence-electron chi connectivity index (χ4n) is 5.18. The molecule has 0 radical (unpaired) electrons. The minimum Gasteiger partial charge on any atom is -0.497 e. The average molecular weight is 555 g/mol. The first-order valence-corrected chi connectivity index (χ1v) is 12.8. The minimum atomic E-state index is -3.78. The molecule has 3 aromatic rings. The lowest BCUT2D eigenvalue weighted by Gasteiger charge is -2.34. The second-order valence-electron chi connectivity index (χ2n) is 10.9. The molecule has 1 aromatic heterocycles. The fourth-order valence-corrected chi connectivity index (χ4v) is 5.18. The van der Waals surface area contributed by atoms with Gasteiger partial charge in [-0.05, 0) is 45.0 Å². The predicted octanol–water partition coefficient (Wildman–Crippen LogP) is 4.67. The van der Waals surface area contributed by atoms with Gasteiger partial charge in [0.05, 0.1) is 24.4 Å². The highest BCUT2D eigenvalue weighted by Crippen LogP contribution is 2.50. The maximum atomic E-state index is 13.8. The van der Waals surface area contributed by atoms with E-state index in [0.717, 1.165) is 5.56 Å². The summed E-state index contributed by atoms with van der Waals surface area (Å²) in [6, 6.07) is 11.2. The van der Waals surface area contributed by atoms with E-state index in [1.54, 1.807) is 58.3 Å². The predicted molar refractivity (Wildman–Crippen MR) is 137 cm³/mol. The van der Waals surface area contributed by atoms with Crippen LogP contribution >= 0.6 is 0 Å². The van der Waals surface area contributed by atoms with Crippen LogP contribution in [0.3, 0.4) is 0 Å². The Balaban J connectivity index is 1.30. The van der Waals surface area contributed by atoms with E-state index in [-0.39, 0.29) is 29.8 Å². The number of carbonyl (C=O) groups is 1. The quantitative estimate of drug-likeness (QED) is 0.469. The smallest absolute Gasteiger partial charge is 0.497 e. The molecule has 0 spiro atoms. The van der Waals surface area contributed by atoms with Gasteiger partial charge in [0.1, 0.15) is 35.4 Å². The standard InChI is InChI=1S/C29H28F2N2O7/c1-27(2,35)15-5-8-19(32-13-15)23-11-20(17-7-6-16(36-4)9-21(17)38-23)33-26(34)28(3)14-37-22-12-25-24(10-18(22)28)39-29(30,31)40-25/h5-10,12-13,20,23,35H,11,14H2,1-4H3,(H,33,34)/t20-,23-,28+/m1/s1. The second-order valence-corrected chi connectivity index (χ2v) is 10.9. The van der Waals surface area contributed by atoms with Crippen LogP contribution < -0.4 is 29.0 Å². The number of hydrogen-bond donors (Lipinski definition) is 2. The van der Waals surface area contributed by atoms with Crippen molar-refractivity contribution in [1.82, 2.24) is 10.3 Å². The number of aliphatic hydroxyl groups is 1. The van der Waals surface area contributed by atoms with Gasteiger partial charge in [-0.15, -0.1) is 8.78 Å². The SMILES string of the molecule is COc1ccc2c(c1)O[C@@H](c1ccc(C(C)(C)O)cn1)C[C@H]2NC(=O)[C@@]1(C)COc2cc3c(cc21)OC(F)(F)O3. The number of amides is 1. The second kappa shape index (κ2) is 8.95. The van der Waals surface area contributed by atoms with E-state index in [0.29, 0.717) is 34.7 Å². The van der Waals surface area contributed by atoms with Gasteiger partial charge in [0.15, 0.2) is 11.5 Å². The van der Waals surface area contributed by atoms with Crippen LogP contribution in [0.4, 0.5) is 8.78 Å². The molecule has 2 aromatic carbocycles. The van der Waals surface area contributed by atoms with Gasteiger partial charge in [0, 0.05) is 41.4 Å². The van der Waals surface area contributed by atoms with Gasteiger partial charge in [0.25, 0.3) is 0 Å². The number of aromatic nitrogens is 1. The van der Waals surface area contributed by atoms with Gasteiger partial charge in [-0.2, -0.15) is 0 Å². The molecule has 0 unspecified atom stereocenters. The first-order valence-electron chi connectivity index (χ1n) is 12.8. The number of ether oxygens (including phenoxy) is 5. The van der Waals surface area contributed by atoms with Crippen molar-refractivity contribution in [3.63, 3.8) is 0 Å². The van der Waals surface area contributed by atoms with E-state index in [1.165, 1.54) is 12.1 Å². The number of benzene rings is 2. The molecule has 9 nitrogen and oxygen atoms in total. The minimum absolute atomic E-state index is 0.00946.